The van der Waals surface area contributed by atoms with Crippen molar-refractivity contribution < 1.29 is 14.7 Å². The van der Waals surface area contributed by atoms with Crippen molar-refractivity contribution >= 4 is 11.8 Å². The lowest BCUT2D eigenvalue weighted by Gasteiger charge is -2.38. The van der Waals surface area contributed by atoms with Gasteiger partial charge in [-0.1, -0.05) is 12.1 Å². The number of carbonyl (C=O) groups excluding carboxylic acids is 2. The number of carbonyl (C=O) groups is 2. The normalized spacial score (nSPS) is 31.9. The summed E-state index contributed by atoms with van der Waals surface area (Å²) in [6.07, 6.45) is 3.36. The van der Waals surface area contributed by atoms with Crippen molar-refractivity contribution in [1.29, 1.82) is 0 Å². The minimum atomic E-state index is -0.235. The number of benzene rings is 1. The van der Waals surface area contributed by atoms with E-state index in [2.05, 4.69) is 4.90 Å². The fourth-order valence-corrected chi connectivity index (χ4v) is 4.01. The number of imide groups is 1. The van der Waals surface area contributed by atoms with Gasteiger partial charge in [-0.05, 0) is 37.8 Å². The van der Waals surface area contributed by atoms with Crippen LogP contribution in [-0.2, 0) is 0 Å². The van der Waals surface area contributed by atoms with Crippen molar-refractivity contribution in [1.82, 2.24) is 9.80 Å². The third kappa shape index (κ3) is 1.92. The van der Waals surface area contributed by atoms with E-state index in [1.807, 2.05) is 0 Å². The molecule has 110 valence electrons. The lowest BCUT2D eigenvalue weighted by atomic mass is 10.0. The first kappa shape index (κ1) is 13.0. The van der Waals surface area contributed by atoms with Crippen LogP contribution in [0.25, 0.3) is 0 Å². The van der Waals surface area contributed by atoms with E-state index in [0.717, 1.165) is 25.7 Å². The van der Waals surface area contributed by atoms with Crippen molar-refractivity contribution in [3.05, 3.63) is 35.4 Å². The van der Waals surface area contributed by atoms with E-state index in [4.69, 9.17) is 0 Å². The summed E-state index contributed by atoms with van der Waals surface area (Å²) in [6.45, 7) is 0.356. The molecule has 21 heavy (non-hydrogen) atoms. The topological polar surface area (TPSA) is 60.9 Å². The molecule has 3 heterocycles. The van der Waals surface area contributed by atoms with Crippen molar-refractivity contribution in [2.75, 3.05) is 6.67 Å². The van der Waals surface area contributed by atoms with Crippen LogP contribution in [0.3, 0.4) is 0 Å². The fourth-order valence-electron chi connectivity index (χ4n) is 4.01. The van der Waals surface area contributed by atoms with Crippen LogP contribution < -0.4 is 0 Å². The van der Waals surface area contributed by atoms with Gasteiger partial charge in [-0.3, -0.25) is 19.4 Å². The van der Waals surface area contributed by atoms with Gasteiger partial charge >= 0.3 is 0 Å². The van der Waals surface area contributed by atoms with E-state index < -0.39 is 0 Å². The Labute approximate surface area is 123 Å². The lowest BCUT2D eigenvalue weighted by molar-refractivity contribution is 0.00783. The highest BCUT2D eigenvalue weighted by atomic mass is 16.3. The van der Waals surface area contributed by atoms with Crippen molar-refractivity contribution in [2.45, 2.75) is 43.9 Å². The van der Waals surface area contributed by atoms with Gasteiger partial charge in [-0.2, -0.15) is 0 Å². The number of rotatable bonds is 2. The highest BCUT2D eigenvalue weighted by Gasteiger charge is 2.44. The van der Waals surface area contributed by atoms with Gasteiger partial charge < -0.3 is 5.11 Å². The monoisotopic (exact) mass is 286 g/mol. The molecule has 2 bridgehead atoms. The van der Waals surface area contributed by atoms with Crippen LogP contribution in [0.1, 0.15) is 46.4 Å². The standard InChI is InChI=1S/C16H18N2O3/c19-12-7-10-5-6-11(8-12)17(10)9-18-15(20)13-3-1-2-4-14(13)16(18)21/h1-4,10-12,19H,5-9H2. The van der Waals surface area contributed by atoms with Gasteiger partial charge in [0.25, 0.3) is 11.8 Å². The Morgan fingerprint density at radius 2 is 1.52 bits per heavy atom. The van der Waals surface area contributed by atoms with Gasteiger partial charge in [0.15, 0.2) is 0 Å². The Morgan fingerprint density at radius 3 is 2.05 bits per heavy atom. The van der Waals surface area contributed by atoms with Crippen LogP contribution in [0.15, 0.2) is 24.3 Å². The molecule has 2 saturated heterocycles. The molecular formula is C16H18N2O3. The summed E-state index contributed by atoms with van der Waals surface area (Å²) in [7, 11) is 0. The minimum Gasteiger partial charge on any atom is -0.393 e. The Balaban J connectivity index is 1.57. The van der Waals surface area contributed by atoms with Gasteiger partial charge in [0.2, 0.25) is 0 Å². The maximum atomic E-state index is 12.4. The third-order valence-corrected chi connectivity index (χ3v) is 5.04. The largest absolute Gasteiger partial charge is 0.393 e. The van der Waals surface area contributed by atoms with E-state index in [1.54, 1.807) is 24.3 Å². The fraction of sp³-hybridized carbons (Fsp3) is 0.500. The molecule has 3 aliphatic rings. The Kier molecular flexibility index (Phi) is 2.87. The Bertz CT molecular complexity index is 566. The minimum absolute atomic E-state index is 0.193. The Hall–Kier alpha value is -1.72. The van der Waals surface area contributed by atoms with Gasteiger partial charge in [0, 0.05) is 12.1 Å². The summed E-state index contributed by atoms with van der Waals surface area (Å²) in [5.74, 6) is -0.387. The number of piperidine rings is 1. The first-order valence-corrected chi connectivity index (χ1v) is 7.54. The number of hydrogen-bond donors (Lipinski definition) is 1. The first-order valence-electron chi connectivity index (χ1n) is 7.54. The molecule has 0 aliphatic carbocycles. The van der Waals surface area contributed by atoms with Crippen LogP contribution in [-0.4, -0.2) is 51.6 Å². The summed E-state index contributed by atoms with van der Waals surface area (Å²) in [6, 6.07) is 7.59. The molecule has 0 spiro atoms. The number of aliphatic hydroxyl groups is 1. The highest BCUT2D eigenvalue weighted by molar-refractivity contribution is 6.21. The maximum absolute atomic E-state index is 12.4. The molecule has 2 unspecified atom stereocenters. The maximum Gasteiger partial charge on any atom is 0.262 e. The zero-order valence-electron chi connectivity index (χ0n) is 11.7. The van der Waals surface area contributed by atoms with Crippen LogP contribution in [0.4, 0.5) is 0 Å². The van der Waals surface area contributed by atoms with E-state index >= 15 is 0 Å². The van der Waals surface area contributed by atoms with Gasteiger partial charge in [-0.15, -0.1) is 0 Å². The number of hydrogen-bond acceptors (Lipinski definition) is 4. The molecule has 0 radical (unpaired) electrons. The predicted octanol–water partition coefficient (Wildman–Crippen LogP) is 1.23. The van der Waals surface area contributed by atoms with Crippen LogP contribution in [0.2, 0.25) is 0 Å². The summed E-state index contributed by atoms with van der Waals surface area (Å²) in [5.41, 5.74) is 1.01. The van der Waals surface area contributed by atoms with Crippen LogP contribution >= 0.6 is 0 Å². The molecule has 2 atom stereocenters. The molecule has 4 rings (SSSR count). The second-order valence-corrected chi connectivity index (χ2v) is 6.25. The second-order valence-electron chi connectivity index (χ2n) is 6.25. The Morgan fingerprint density at radius 1 is 1.00 bits per heavy atom. The van der Waals surface area contributed by atoms with Crippen LogP contribution in [0.5, 0.6) is 0 Å². The molecule has 1 N–H and O–H groups in total. The van der Waals surface area contributed by atoms with E-state index in [1.165, 1.54) is 4.90 Å². The zero-order valence-corrected chi connectivity index (χ0v) is 11.7. The average molecular weight is 286 g/mol. The van der Waals surface area contributed by atoms with Crippen molar-refractivity contribution in [3.8, 4) is 0 Å². The second kappa shape index (κ2) is 4.64. The van der Waals surface area contributed by atoms with Gasteiger partial charge in [-0.25, -0.2) is 0 Å². The zero-order chi connectivity index (χ0) is 14.6. The SMILES string of the molecule is O=C1c2ccccc2C(=O)N1CN1C2CCC1CC(O)C2. The molecule has 0 aromatic heterocycles. The molecule has 2 fully saturated rings. The molecular weight excluding hydrogens is 268 g/mol. The summed E-state index contributed by atoms with van der Waals surface area (Å²) in [5, 5.41) is 9.84. The molecule has 5 heteroatoms. The third-order valence-electron chi connectivity index (χ3n) is 5.04. The molecule has 3 aliphatic heterocycles. The number of nitrogens with zero attached hydrogens (tertiary/aromatic N) is 2. The van der Waals surface area contributed by atoms with Crippen molar-refractivity contribution in [2.24, 2.45) is 0 Å². The van der Waals surface area contributed by atoms with E-state index in [9.17, 15) is 14.7 Å². The van der Waals surface area contributed by atoms with Gasteiger partial charge in [0.1, 0.15) is 0 Å². The summed E-state index contributed by atoms with van der Waals surface area (Å²) < 4.78 is 0. The highest BCUT2D eigenvalue weighted by Crippen LogP contribution is 2.36. The predicted molar refractivity (Wildman–Crippen MR) is 75.7 cm³/mol. The smallest absolute Gasteiger partial charge is 0.262 e. The molecule has 1 aromatic carbocycles. The van der Waals surface area contributed by atoms with E-state index in [-0.39, 0.29) is 17.9 Å². The lowest BCUT2D eigenvalue weighted by Crippen LogP contribution is -2.51. The number of fused-ring (bicyclic) bond motifs is 3. The molecule has 2 amide bonds. The van der Waals surface area contributed by atoms with Crippen LogP contribution in [0, 0.1) is 0 Å². The van der Waals surface area contributed by atoms with E-state index in [0.29, 0.717) is 29.9 Å². The molecule has 1 aromatic rings. The average Bonchev–Trinajstić information content (AvgIpc) is 2.86. The summed E-state index contributed by atoms with van der Waals surface area (Å²) in [4.78, 5) is 28.4. The quantitative estimate of drug-likeness (QED) is 0.831. The van der Waals surface area contributed by atoms with Crippen molar-refractivity contribution in [3.63, 3.8) is 0 Å². The van der Waals surface area contributed by atoms with Gasteiger partial charge in [0.05, 0.1) is 23.9 Å². The summed E-state index contributed by atoms with van der Waals surface area (Å²) >= 11 is 0. The molecule has 0 saturated carbocycles. The number of amides is 2. The number of aliphatic hydroxyl groups excluding tert-OH is 1. The molecule has 5 nitrogen and oxygen atoms in total. The first-order chi connectivity index (χ1) is 10.1.